The monoisotopic (exact) mass is 478 g/mol. The molecule has 1 aliphatic rings. The first-order valence-electron chi connectivity index (χ1n) is 12.8. The molecule has 1 aromatic carbocycles. The summed E-state index contributed by atoms with van der Waals surface area (Å²) in [5.41, 5.74) is 7.52. The van der Waals surface area contributed by atoms with Crippen LogP contribution in [0.4, 0.5) is 0 Å². The third-order valence-corrected chi connectivity index (χ3v) is 6.95. The molecular weight excluding hydrogens is 432 g/mol. The average molecular weight is 479 g/mol. The van der Waals surface area contributed by atoms with Crippen molar-refractivity contribution >= 4 is 5.91 Å². The quantitative estimate of drug-likeness (QED) is 0.313. The van der Waals surface area contributed by atoms with Gasteiger partial charge in [-0.15, -0.1) is 0 Å². The van der Waals surface area contributed by atoms with Crippen LogP contribution in [0.25, 0.3) is 0 Å². The van der Waals surface area contributed by atoms with Crippen molar-refractivity contribution in [1.29, 1.82) is 0 Å². The highest BCUT2D eigenvalue weighted by Gasteiger charge is 2.24. The molecular formula is C27H46N2O5. The Morgan fingerprint density at radius 1 is 1.18 bits per heavy atom. The first-order chi connectivity index (χ1) is 16.3. The van der Waals surface area contributed by atoms with Gasteiger partial charge < -0.3 is 30.4 Å². The summed E-state index contributed by atoms with van der Waals surface area (Å²) in [6.45, 7) is 5.78. The Labute approximate surface area is 205 Å². The Morgan fingerprint density at radius 2 is 1.91 bits per heavy atom. The molecule has 0 heterocycles. The van der Waals surface area contributed by atoms with E-state index < -0.39 is 12.1 Å². The molecule has 0 saturated heterocycles. The summed E-state index contributed by atoms with van der Waals surface area (Å²) in [5, 5.41) is 13.5. The number of rotatable bonds is 16. The molecule has 0 bridgehead atoms. The van der Waals surface area contributed by atoms with Gasteiger partial charge in [-0.3, -0.25) is 4.79 Å². The van der Waals surface area contributed by atoms with Crippen LogP contribution in [-0.2, 0) is 16.0 Å². The zero-order valence-corrected chi connectivity index (χ0v) is 21.6. The van der Waals surface area contributed by atoms with Crippen LogP contribution < -0.4 is 20.5 Å². The molecule has 1 amide bonds. The van der Waals surface area contributed by atoms with Crippen LogP contribution in [0, 0.1) is 17.8 Å². The lowest BCUT2D eigenvalue weighted by Crippen LogP contribution is -2.45. The van der Waals surface area contributed by atoms with Gasteiger partial charge in [0.25, 0.3) is 0 Å². The molecule has 7 nitrogen and oxygen atoms in total. The minimum absolute atomic E-state index is 0.0230. The lowest BCUT2D eigenvalue weighted by atomic mass is 9.83. The molecule has 34 heavy (non-hydrogen) atoms. The highest BCUT2D eigenvalue weighted by Crippen LogP contribution is 2.31. The number of hydrogen-bond acceptors (Lipinski definition) is 6. The van der Waals surface area contributed by atoms with Crippen molar-refractivity contribution in [2.24, 2.45) is 23.5 Å². The minimum atomic E-state index is -0.760. The van der Waals surface area contributed by atoms with Crippen molar-refractivity contribution in [2.45, 2.75) is 77.4 Å². The number of benzene rings is 1. The number of hydrogen-bond donors (Lipinski definition) is 3. The van der Waals surface area contributed by atoms with Crippen molar-refractivity contribution in [3.63, 3.8) is 0 Å². The summed E-state index contributed by atoms with van der Waals surface area (Å²) in [6.07, 6.45) is 6.82. The molecule has 0 spiro atoms. The predicted molar refractivity (Wildman–Crippen MR) is 135 cm³/mol. The van der Waals surface area contributed by atoms with E-state index in [4.69, 9.17) is 19.9 Å². The van der Waals surface area contributed by atoms with Crippen molar-refractivity contribution in [3.8, 4) is 11.5 Å². The number of nitrogens with two attached hydrogens (primary N) is 1. The molecule has 3 unspecified atom stereocenters. The van der Waals surface area contributed by atoms with E-state index in [1.165, 1.54) is 12.8 Å². The third kappa shape index (κ3) is 9.80. The van der Waals surface area contributed by atoms with Gasteiger partial charge in [-0.2, -0.15) is 0 Å². The Bertz CT molecular complexity index is 721. The van der Waals surface area contributed by atoms with Gasteiger partial charge in [-0.1, -0.05) is 32.8 Å². The first-order valence-corrected chi connectivity index (χ1v) is 12.8. The molecule has 7 heteroatoms. The van der Waals surface area contributed by atoms with Crippen LogP contribution in [0.5, 0.6) is 11.5 Å². The maximum absolute atomic E-state index is 12.2. The second kappa shape index (κ2) is 15.2. The molecule has 0 aromatic heterocycles. The number of carbonyl (C=O) groups excluding carboxylic acids is 1. The molecule has 3 atom stereocenters. The molecule has 194 valence electrons. The Morgan fingerprint density at radius 3 is 2.56 bits per heavy atom. The topological polar surface area (TPSA) is 103 Å². The standard InChI is InChI=1S/C27H46N2O5/c1-19(2)22(14-21-10-11-25(33-4)26(15-21)34-13-7-12-32-3)17-23(28)24(30)18-29-27(31)16-20-8-5-6-9-20/h10-11,15,19-20,22-24,30H,5-9,12-14,16-18,28H2,1-4H3,(H,29,31). The number of aliphatic hydroxyl groups is 1. The van der Waals surface area contributed by atoms with E-state index in [0.29, 0.717) is 43.6 Å². The second-order valence-electron chi connectivity index (χ2n) is 10.0. The fourth-order valence-corrected chi connectivity index (χ4v) is 4.67. The van der Waals surface area contributed by atoms with Crippen LogP contribution in [-0.4, -0.2) is 57.1 Å². The minimum Gasteiger partial charge on any atom is -0.493 e. The van der Waals surface area contributed by atoms with Gasteiger partial charge in [0, 0.05) is 39.1 Å². The van der Waals surface area contributed by atoms with Crippen LogP contribution in [0.3, 0.4) is 0 Å². The van der Waals surface area contributed by atoms with E-state index in [9.17, 15) is 9.90 Å². The van der Waals surface area contributed by atoms with Crippen LogP contribution in [0.2, 0.25) is 0 Å². The van der Waals surface area contributed by atoms with E-state index in [1.54, 1.807) is 14.2 Å². The van der Waals surface area contributed by atoms with Gasteiger partial charge in [0.2, 0.25) is 5.91 Å². The second-order valence-corrected chi connectivity index (χ2v) is 10.0. The number of aliphatic hydroxyl groups excluding tert-OH is 1. The summed E-state index contributed by atoms with van der Waals surface area (Å²) in [4.78, 5) is 12.2. The highest BCUT2D eigenvalue weighted by atomic mass is 16.5. The number of amides is 1. The summed E-state index contributed by atoms with van der Waals surface area (Å²) in [6, 6.07) is 5.63. The Hall–Kier alpha value is -1.83. The van der Waals surface area contributed by atoms with E-state index in [2.05, 4.69) is 25.2 Å². The summed E-state index contributed by atoms with van der Waals surface area (Å²) in [5.74, 6) is 2.64. The largest absolute Gasteiger partial charge is 0.493 e. The van der Waals surface area contributed by atoms with Gasteiger partial charge in [-0.25, -0.2) is 0 Å². The lowest BCUT2D eigenvalue weighted by molar-refractivity contribution is -0.122. The Balaban J connectivity index is 1.88. The summed E-state index contributed by atoms with van der Waals surface area (Å²) in [7, 11) is 3.32. The maximum Gasteiger partial charge on any atom is 0.220 e. The number of carbonyl (C=O) groups is 1. The molecule has 1 aliphatic carbocycles. The number of ether oxygens (including phenoxy) is 3. The van der Waals surface area contributed by atoms with Crippen molar-refractivity contribution in [3.05, 3.63) is 23.8 Å². The van der Waals surface area contributed by atoms with Gasteiger partial charge in [-0.05, 0) is 61.1 Å². The molecule has 4 N–H and O–H groups in total. The van der Waals surface area contributed by atoms with Crippen LogP contribution in [0.1, 0.15) is 64.4 Å². The molecule has 0 aliphatic heterocycles. The smallest absolute Gasteiger partial charge is 0.220 e. The Kier molecular flexibility index (Phi) is 12.7. The van der Waals surface area contributed by atoms with Gasteiger partial charge in [0.1, 0.15) is 0 Å². The fraction of sp³-hybridized carbons (Fsp3) is 0.741. The summed E-state index contributed by atoms with van der Waals surface area (Å²) >= 11 is 0. The molecule has 1 fully saturated rings. The van der Waals surface area contributed by atoms with Gasteiger partial charge in [0.05, 0.1) is 19.8 Å². The van der Waals surface area contributed by atoms with E-state index >= 15 is 0 Å². The predicted octanol–water partition coefficient (Wildman–Crippen LogP) is 3.70. The van der Waals surface area contributed by atoms with E-state index in [-0.39, 0.29) is 18.4 Å². The maximum atomic E-state index is 12.2. The van der Waals surface area contributed by atoms with Crippen molar-refractivity contribution in [2.75, 3.05) is 34.0 Å². The van der Waals surface area contributed by atoms with Gasteiger partial charge >= 0.3 is 0 Å². The average Bonchev–Trinajstić information content (AvgIpc) is 3.32. The number of nitrogens with one attached hydrogen (secondary N) is 1. The van der Waals surface area contributed by atoms with E-state index in [1.807, 2.05) is 12.1 Å². The molecule has 0 radical (unpaired) electrons. The van der Waals surface area contributed by atoms with Crippen LogP contribution in [0.15, 0.2) is 18.2 Å². The fourth-order valence-electron chi connectivity index (χ4n) is 4.67. The summed E-state index contributed by atoms with van der Waals surface area (Å²) < 4.78 is 16.5. The van der Waals surface area contributed by atoms with Crippen molar-refractivity contribution < 1.29 is 24.1 Å². The first kappa shape index (κ1) is 28.4. The highest BCUT2D eigenvalue weighted by molar-refractivity contribution is 5.76. The molecule has 1 aromatic rings. The third-order valence-electron chi connectivity index (χ3n) is 6.95. The zero-order chi connectivity index (χ0) is 24.9. The molecule has 1 saturated carbocycles. The van der Waals surface area contributed by atoms with Gasteiger partial charge in [0.15, 0.2) is 11.5 Å². The molecule has 2 rings (SSSR count). The van der Waals surface area contributed by atoms with Crippen molar-refractivity contribution in [1.82, 2.24) is 5.32 Å². The SMILES string of the molecule is COCCCOc1cc(CC(CC(N)C(O)CNC(=O)CC2CCCC2)C(C)C)ccc1OC. The lowest BCUT2D eigenvalue weighted by Gasteiger charge is -2.27. The van der Waals surface area contributed by atoms with Crippen LogP contribution >= 0.6 is 0 Å². The number of methoxy groups -OCH3 is 2. The zero-order valence-electron chi connectivity index (χ0n) is 21.6. The van der Waals surface area contributed by atoms with E-state index in [0.717, 1.165) is 37.0 Å². The normalized spacial score (nSPS) is 16.9.